The van der Waals surface area contributed by atoms with Crippen LogP contribution >= 0.6 is 0 Å². The number of esters is 1. The number of allylic oxidation sites excluding steroid dienone is 4. The fourth-order valence-electron chi connectivity index (χ4n) is 9.25. The molecule has 6 heteroatoms. The first-order chi connectivity index (χ1) is 32.5. The van der Waals surface area contributed by atoms with E-state index in [1.165, 1.54) is 212 Å². The Bertz CT molecular complexity index is 1040. The molecule has 6 nitrogen and oxygen atoms in total. The Morgan fingerprint density at radius 1 is 0.424 bits per heavy atom. The summed E-state index contributed by atoms with van der Waals surface area (Å²) in [4.78, 5) is 26.3. The first kappa shape index (κ1) is 64.3. The second-order valence-electron chi connectivity index (χ2n) is 20.4. The third-order valence-electron chi connectivity index (χ3n) is 13.8. The molecule has 3 N–H and O–H groups in total. The highest BCUT2D eigenvalue weighted by Crippen LogP contribution is 2.18. The standard InChI is InChI=1S/C60H115NO5/c1-4-7-10-13-16-19-22-25-28-29-30-32-35-38-41-44-47-50-53-60(65)66-56(51-48-45-42-39-36-33-27-24-21-18-15-12-9-6-3)54-59(64)61-57(55-62)58(63)52-49-46-43-40-37-34-31-26-23-20-17-14-11-8-5-2/h30,32-33,36,56-58,62-63H,4-29,31,34-35,37-55H2,1-3H3,(H,61,64)/b32-30+,36-33+. The van der Waals surface area contributed by atoms with Crippen molar-refractivity contribution in [3.63, 3.8) is 0 Å². The highest BCUT2D eigenvalue weighted by atomic mass is 16.5. The lowest BCUT2D eigenvalue weighted by Crippen LogP contribution is -2.46. The highest BCUT2D eigenvalue weighted by Gasteiger charge is 2.24. The molecule has 3 unspecified atom stereocenters. The van der Waals surface area contributed by atoms with Crippen molar-refractivity contribution in [3.8, 4) is 0 Å². The molecule has 0 heterocycles. The number of rotatable bonds is 54. The lowest BCUT2D eigenvalue weighted by atomic mass is 10.0. The number of carbonyl (C=O) groups is 2. The number of aliphatic hydroxyl groups is 2. The fourth-order valence-corrected chi connectivity index (χ4v) is 9.25. The normalized spacial score (nSPS) is 13.2. The zero-order chi connectivity index (χ0) is 48.1. The molecule has 0 aromatic heterocycles. The summed E-state index contributed by atoms with van der Waals surface area (Å²) in [7, 11) is 0. The summed E-state index contributed by atoms with van der Waals surface area (Å²) in [5.74, 6) is -0.481. The number of ether oxygens (including phenoxy) is 1. The molecule has 0 saturated carbocycles. The zero-order valence-electron chi connectivity index (χ0n) is 44.6. The fraction of sp³-hybridized carbons (Fsp3) is 0.900. The summed E-state index contributed by atoms with van der Waals surface area (Å²) < 4.78 is 5.96. The second-order valence-corrected chi connectivity index (χ2v) is 20.4. The van der Waals surface area contributed by atoms with Crippen LogP contribution in [0.4, 0.5) is 0 Å². The molecule has 0 aliphatic heterocycles. The lowest BCUT2D eigenvalue weighted by molar-refractivity contribution is -0.151. The van der Waals surface area contributed by atoms with Gasteiger partial charge in [0.05, 0.1) is 25.2 Å². The molecule has 0 aromatic rings. The van der Waals surface area contributed by atoms with Gasteiger partial charge in [-0.1, -0.05) is 257 Å². The van der Waals surface area contributed by atoms with Crippen LogP contribution in [0, 0.1) is 0 Å². The van der Waals surface area contributed by atoms with Gasteiger partial charge in [0.15, 0.2) is 0 Å². The first-order valence-electron chi connectivity index (χ1n) is 29.6. The number of unbranched alkanes of at least 4 members (excludes halogenated alkanes) is 38. The summed E-state index contributed by atoms with van der Waals surface area (Å²) in [6.07, 6.45) is 63.9. The largest absolute Gasteiger partial charge is 0.462 e. The third kappa shape index (κ3) is 48.8. The Morgan fingerprint density at radius 3 is 1.09 bits per heavy atom. The van der Waals surface area contributed by atoms with Crippen LogP contribution < -0.4 is 5.32 Å². The molecule has 0 rings (SSSR count). The Labute approximate surface area is 411 Å². The topological polar surface area (TPSA) is 95.9 Å². The predicted molar refractivity (Wildman–Crippen MR) is 287 cm³/mol. The molecular formula is C60H115NO5. The molecule has 66 heavy (non-hydrogen) atoms. The van der Waals surface area contributed by atoms with Crippen molar-refractivity contribution in [2.24, 2.45) is 0 Å². The van der Waals surface area contributed by atoms with Crippen molar-refractivity contribution < 1.29 is 24.5 Å². The van der Waals surface area contributed by atoms with Crippen LogP contribution in [0.5, 0.6) is 0 Å². The lowest BCUT2D eigenvalue weighted by Gasteiger charge is -2.24. The molecule has 0 aromatic carbocycles. The van der Waals surface area contributed by atoms with Gasteiger partial charge in [0.25, 0.3) is 0 Å². The monoisotopic (exact) mass is 930 g/mol. The maximum Gasteiger partial charge on any atom is 0.306 e. The zero-order valence-corrected chi connectivity index (χ0v) is 44.6. The van der Waals surface area contributed by atoms with E-state index >= 15 is 0 Å². The molecule has 0 spiro atoms. The SMILES string of the molecule is CCCCCCCCC/C=C/CCCCCC(CC(=O)NC(CO)C(O)CCCCCCCCCCCCCCCCC)OC(=O)CCCCCCC/C=C/CCCCCCCCCCC. The van der Waals surface area contributed by atoms with Gasteiger partial charge in [0, 0.05) is 6.42 Å². The Hall–Kier alpha value is -1.66. The Morgan fingerprint density at radius 2 is 0.727 bits per heavy atom. The second kappa shape index (κ2) is 54.3. The van der Waals surface area contributed by atoms with E-state index in [0.717, 1.165) is 64.2 Å². The summed E-state index contributed by atoms with van der Waals surface area (Å²) >= 11 is 0. The molecule has 0 fully saturated rings. The van der Waals surface area contributed by atoms with Crippen molar-refractivity contribution >= 4 is 11.9 Å². The van der Waals surface area contributed by atoms with E-state index in [1.54, 1.807) is 0 Å². The van der Waals surface area contributed by atoms with E-state index in [0.29, 0.717) is 19.3 Å². The van der Waals surface area contributed by atoms with Gasteiger partial charge in [-0.3, -0.25) is 9.59 Å². The van der Waals surface area contributed by atoms with Crippen molar-refractivity contribution in [1.82, 2.24) is 5.32 Å². The molecule has 0 radical (unpaired) electrons. The van der Waals surface area contributed by atoms with Crippen LogP contribution in [0.1, 0.15) is 323 Å². The number of hydrogen-bond acceptors (Lipinski definition) is 5. The minimum atomic E-state index is -0.790. The van der Waals surface area contributed by atoms with Crippen molar-refractivity contribution in [3.05, 3.63) is 24.3 Å². The van der Waals surface area contributed by atoms with Crippen LogP contribution in [0.15, 0.2) is 24.3 Å². The van der Waals surface area contributed by atoms with E-state index in [2.05, 4.69) is 50.4 Å². The molecular weight excluding hydrogens is 815 g/mol. The van der Waals surface area contributed by atoms with Gasteiger partial charge in [-0.15, -0.1) is 0 Å². The van der Waals surface area contributed by atoms with Crippen LogP contribution in [0.3, 0.4) is 0 Å². The summed E-state index contributed by atoms with van der Waals surface area (Å²) in [6.45, 7) is 6.52. The van der Waals surface area contributed by atoms with E-state index in [9.17, 15) is 19.8 Å². The van der Waals surface area contributed by atoms with Gasteiger partial charge in [-0.25, -0.2) is 0 Å². The smallest absolute Gasteiger partial charge is 0.306 e. The number of aliphatic hydroxyl groups excluding tert-OH is 2. The average Bonchev–Trinajstić information content (AvgIpc) is 3.31. The first-order valence-corrected chi connectivity index (χ1v) is 29.6. The summed E-state index contributed by atoms with van der Waals surface area (Å²) in [5.41, 5.74) is 0. The van der Waals surface area contributed by atoms with Gasteiger partial charge in [0.2, 0.25) is 5.91 Å². The van der Waals surface area contributed by atoms with Gasteiger partial charge >= 0.3 is 5.97 Å². The molecule has 0 saturated heterocycles. The van der Waals surface area contributed by atoms with Crippen molar-refractivity contribution in [2.45, 2.75) is 341 Å². The molecule has 0 bridgehead atoms. The summed E-state index contributed by atoms with van der Waals surface area (Å²) in [5, 5.41) is 23.9. The minimum Gasteiger partial charge on any atom is -0.462 e. The van der Waals surface area contributed by atoms with Gasteiger partial charge in [0.1, 0.15) is 6.10 Å². The van der Waals surface area contributed by atoms with Crippen LogP contribution in [-0.4, -0.2) is 46.9 Å². The van der Waals surface area contributed by atoms with Crippen molar-refractivity contribution in [1.29, 1.82) is 0 Å². The van der Waals surface area contributed by atoms with Crippen LogP contribution in [0.25, 0.3) is 0 Å². The van der Waals surface area contributed by atoms with E-state index in [-0.39, 0.29) is 24.9 Å². The minimum absolute atomic E-state index is 0.0684. The molecule has 390 valence electrons. The number of amides is 1. The molecule has 3 atom stereocenters. The maximum atomic E-state index is 13.3. The van der Waals surface area contributed by atoms with E-state index in [1.807, 2.05) is 0 Å². The number of hydrogen-bond donors (Lipinski definition) is 3. The van der Waals surface area contributed by atoms with Crippen LogP contribution in [0.2, 0.25) is 0 Å². The Balaban J connectivity index is 4.53. The predicted octanol–water partition coefficient (Wildman–Crippen LogP) is 18.2. The molecule has 0 aliphatic rings. The maximum absolute atomic E-state index is 13.3. The number of carbonyl (C=O) groups excluding carboxylic acids is 2. The van der Waals surface area contributed by atoms with Gasteiger partial charge in [-0.05, 0) is 77.0 Å². The quantitative estimate of drug-likeness (QED) is 0.0321. The van der Waals surface area contributed by atoms with E-state index < -0.39 is 18.2 Å². The number of nitrogens with one attached hydrogen (secondary N) is 1. The van der Waals surface area contributed by atoms with E-state index in [4.69, 9.17) is 4.74 Å². The van der Waals surface area contributed by atoms with Gasteiger partial charge in [-0.2, -0.15) is 0 Å². The molecule has 1 amide bonds. The van der Waals surface area contributed by atoms with Crippen molar-refractivity contribution in [2.75, 3.05) is 6.61 Å². The third-order valence-corrected chi connectivity index (χ3v) is 13.8. The van der Waals surface area contributed by atoms with Crippen LogP contribution in [-0.2, 0) is 14.3 Å². The summed E-state index contributed by atoms with van der Waals surface area (Å²) in [6, 6.07) is -0.705. The Kier molecular flexibility index (Phi) is 52.9. The van der Waals surface area contributed by atoms with Gasteiger partial charge < -0.3 is 20.3 Å². The highest BCUT2D eigenvalue weighted by molar-refractivity contribution is 5.77. The molecule has 0 aliphatic carbocycles. The average molecular weight is 931 g/mol.